The van der Waals surface area contributed by atoms with Gasteiger partial charge in [-0.05, 0) is 44.9 Å². The van der Waals surface area contributed by atoms with Crippen LogP contribution in [0, 0.1) is 0 Å². The summed E-state index contributed by atoms with van der Waals surface area (Å²) < 4.78 is 10.7. The van der Waals surface area contributed by atoms with E-state index in [1.54, 1.807) is 0 Å². The molecule has 0 aliphatic carbocycles. The number of hydrogen-bond donors (Lipinski definition) is 1. The lowest BCUT2D eigenvalue weighted by atomic mass is 10.1. The predicted molar refractivity (Wildman–Crippen MR) is 97.1 cm³/mol. The number of carboxylic acids is 1. The minimum Gasteiger partial charge on any atom is -0.595 e. The Morgan fingerprint density at radius 2 is 1.50 bits per heavy atom. The van der Waals surface area contributed by atoms with Crippen LogP contribution in [0.1, 0.15) is 77.6 Å². The lowest BCUT2D eigenvalue weighted by Crippen LogP contribution is -2.34. The van der Waals surface area contributed by atoms with Gasteiger partial charge in [-0.2, -0.15) is 0 Å². The summed E-state index contributed by atoms with van der Waals surface area (Å²) in [6, 6.07) is 0. The third-order valence-electron chi connectivity index (χ3n) is 3.70. The molecule has 24 heavy (non-hydrogen) atoms. The minimum atomic E-state index is -2.92. The van der Waals surface area contributed by atoms with E-state index in [9.17, 15) is 19.4 Å². The molecule has 0 rings (SSSR count). The summed E-state index contributed by atoms with van der Waals surface area (Å²) in [7, 11) is -2.92. The lowest BCUT2D eigenvalue weighted by molar-refractivity contribution is -0.306. The maximum Gasteiger partial charge on any atom is 0.318 e. The second-order valence-corrected chi connectivity index (χ2v) is 6.98. The number of rotatable bonds is 15. The van der Waals surface area contributed by atoms with E-state index in [4.69, 9.17) is 0 Å². The topological polar surface area (TPSA) is 117 Å². The zero-order valence-electron chi connectivity index (χ0n) is 15.2. The van der Waals surface area contributed by atoms with Crippen molar-refractivity contribution in [3.05, 3.63) is 24.3 Å². The number of unbranched alkanes of at least 4 members (excludes halogenated alkanes) is 7. The van der Waals surface area contributed by atoms with Crippen molar-refractivity contribution in [3.63, 3.8) is 0 Å². The molecule has 0 fully saturated rings. The average Bonchev–Trinajstić information content (AvgIpc) is 2.50. The van der Waals surface area contributed by atoms with Gasteiger partial charge < -0.3 is 20.9 Å². The molecule has 0 amide bonds. The summed E-state index contributed by atoms with van der Waals surface area (Å²) in [4.78, 5) is 21.3. The smallest absolute Gasteiger partial charge is 0.318 e. The van der Waals surface area contributed by atoms with Crippen LogP contribution in [0.3, 0.4) is 0 Å². The van der Waals surface area contributed by atoms with Crippen molar-refractivity contribution >= 4 is 14.0 Å². The van der Waals surface area contributed by atoms with E-state index in [-0.39, 0.29) is 12.6 Å². The van der Waals surface area contributed by atoms with Crippen LogP contribution in [0.4, 0.5) is 0 Å². The summed E-state index contributed by atoms with van der Waals surface area (Å²) in [6.07, 6.45) is 19.5. The number of hydrogen-bond acceptors (Lipinski definition) is 4. The number of carbonyl (C=O) groups excluding carboxylic acids is 1. The summed E-state index contributed by atoms with van der Waals surface area (Å²) in [5.41, 5.74) is -1.32. The molecule has 0 aliphatic rings. The highest BCUT2D eigenvalue weighted by molar-refractivity contribution is 7.38. The average molecular weight is 359 g/mol. The minimum absolute atomic E-state index is 0. The van der Waals surface area contributed by atoms with Crippen molar-refractivity contribution in [3.8, 4) is 0 Å². The lowest BCUT2D eigenvalue weighted by Gasteiger charge is -2.09. The van der Waals surface area contributed by atoms with Crippen LogP contribution in [-0.4, -0.2) is 11.6 Å². The summed E-state index contributed by atoms with van der Waals surface area (Å²) >= 11 is 0. The Balaban J connectivity index is 0. The molecule has 0 aromatic heterocycles. The standard InChI is InChI=1S/C18H31O4P.H3N/c1-2-3-4-5-6-7-8-9-10-11-12-13-14-15-16-17(18(19)20)23(21)22;/h6-7,9-10,17H,2-5,8,11-16H2,1H3,(H,19,20);1H3/b7-6-,10-9-;. The van der Waals surface area contributed by atoms with E-state index in [0.29, 0.717) is 6.42 Å². The molecule has 5 nitrogen and oxygen atoms in total. The molecule has 140 valence electrons. The number of allylic oxidation sites excluding steroid dienone is 4. The first-order valence-corrected chi connectivity index (χ1v) is 9.98. The Morgan fingerprint density at radius 3 is 2.00 bits per heavy atom. The van der Waals surface area contributed by atoms with Crippen molar-refractivity contribution in [1.29, 1.82) is 0 Å². The van der Waals surface area contributed by atoms with Gasteiger partial charge in [0.1, 0.15) is 0 Å². The van der Waals surface area contributed by atoms with Crippen LogP contribution in [0.2, 0.25) is 0 Å². The van der Waals surface area contributed by atoms with Gasteiger partial charge in [0.05, 0.1) is 5.97 Å². The number of quaternary nitrogens is 1. The third kappa shape index (κ3) is 15.9. The molecule has 0 radical (unpaired) electrons. The van der Waals surface area contributed by atoms with E-state index in [0.717, 1.165) is 32.1 Å². The molecule has 0 aromatic carbocycles. The van der Waals surface area contributed by atoms with E-state index in [2.05, 4.69) is 31.2 Å². The summed E-state index contributed by atoms with van der Waals surface area (Å²) in [5.74, 6) is -1.48. The van der Waals surface area contributed by atoms with Crippen LogP contribution >= 0.6 is 8.03 Å². The van der Waals surface area contributed by atoms with Crippen LogP contribution in [0.5, 0.6) is 0 Å². The highest BCUT2D eigenvalue weighted by Gasteiger charge is 2.21. The second-order valence-electron chi connectivity index (χ2n) is 5.79. The van der Waals surface area contributed by atoms with E-state index in [1.807, 2.05) is 0 Å². The maximum absolute atomic E-state index is 10.7. The van der Waals surface area contributed by atoms with Gasteiger partial charge in [-0.1, -0.05) is 61.5 Å². The fourth-order valence-corrected chi connectivity index (χ4v) is 2.85. The first-order chi connectivity index (χ1) is 11.1. The molecule has 0 bridgehead atoms. The van der Waals surface area contributed by atoms with Crippen molar-refractivity contribution in [2.24, 2.45) is 0 Å². The first-order valence-electron chi connectivity index (χ1n) is 8.74. The van der Waals surface area contributed by atoms with Gasteiger partial charge in [0.25, 0.3) is 0 Å². The highest BCUT2D eigenvalue weighted by Crippen LogP contribution is 2.23. The van der Waals surface area contributed by atoms with Gasteiger partial charge in [-0.25, -0.2) is 0 Å². The quantitative estimate of drug-likeness (QED) is 0.270. The Bertz CT molecular complexity index is 369. The van der Waals surface area contributed by atoms with Crippen molar-refractivity contribution < 1.29 is 19.4 Å². The van der Waals surface area contributed by atoms with E-state index < -0.39 is 19.7 Å². The van der Waals surface area contributed by atoms with Crippen LogP contribution in [-0.2, 0) is 9.36 Å². The first kappa shape index (κ1) is 25.2. The zero-order chi connectivity index (χ0) is 17.3. The maximum atomic E-state index is 10.7. The van der Waals surface area contributed by atoms with Gasteiger partial charge in [-0.3, -0.25) is 0 Å². The Morgan fingerprint density at radius 1 is 0.958 bits per heavy atom. The van der Waals surface area contributed by atoms with Gasteiger partial charge in [0.15, 0.2) is 5.66 Å². The fourth-order valence-electron chi connectivity index (χ4n) is 2.28. The highest BCUT2D eigenvalue weighted by atomic mass is 31.1. The molecule has 4 N–H and O–H groups in total. The normalized spacial score (nSPS) is 13.2. The van der Waals surface area contributed by atoms with Crippen LogP contribution in [0.25, 0.3) is 0 Å². The number of aliphatic carboxylic acids is 1. The third-order valence-corrected chi connectivity index (χ3v) is 4.68. The van der Waals surface area contributed by atoms with Crippen LogP contribution in [0.15, 0.2) is 24.3 Å². The van der Waals surface area contributed by atoms with Gasteiger partial charge in [-0.15, -0.1) is 0 Å². The molecule has 0 aromatic rings. The molecule has 6 heteroatoms. The van der Waals surface area contributed by atoms with Crippen LogP contribution < -0.4 is 16.2 Å². The zero-order valence-corrected chi connectivity index (χ0v) is 16.1. The second kappa shape index (κ2) is 18.3. The van der Waals surface area contributed by atoms with Gasteiger partial charge in [0, 0.05) is 0 Å². The summed E-state index contributed by atoms with van der Waals surface area (Å²) in [5, 5.41) is 10.6. The monoisotopic (exact) mass is 359 g/mol. The van der Waals surface area contributed by atoms with Crippen molar-refractivity contribution in [2.75, 3.05) is 0 Å². The predicted octanol–water partition coefficient (Wildman–Crippen LogP) is 4.01. The van der Waals surface area contributed by atoms with Gasteiger partial charge in [0.2, 0.25) is 0 Å². The fraction of sp³-hybridized carbons (Fsp3) is 0.722. The molecule has 0 saturated carbocycles. The summed E-state index contributed by atoms with van der Waals surface area (Å²) in [6.45, 7) is 2.21. The SMILES string of the molecule is CCCCC/C=C\C/C=C\CCCCCCC(C(=O)[O-])[P+](=O)[O-].[NH4+]. The molecule has 0 heterocycles. The molecular formula is C18H34NO4P. The van der Waals surface area contributed by atoms with Crippen molar-refractivity contribution in [1.82, 2.24) is 6.15 Å². The Hall–Kier alpha value is -1.03. The molecule has 2 unspecified atom stereocenters. The number of carboxylic acid groups (broad SMARTS) is 1. The molecule has 0 spiro atoms. The molecule has 0 aliphatic heterocycles. The van der Waals surface area contributed by atoms with Gasteiger partial charge >= 0.3 is 8.03 Å². The molecular weight excluding hydrogens is 325 g/mol. The van der Waals surface area contributed by atoms with Crippen molar-refractivity contribution in [2.45, 2.75) is 83.2 Å². The van der Waals surface area contributed by atoms with E-state index in [1.165, 1.54) is 25.7 Å². The molecule has 0 saturated heterocycles. The Labute approximate surface area is 147 Å². The number of carbonyl (C=O) groups is 1. The molecule has 2 atom stereocenters. The van der Waals surface area contributed by atoms with E-state index >= 15 is 0 Å². The largest absolute Gasteiger partial charge is 0.595 e. The Kier molecular flexibility index (Phi) is 19.2.